The van der Waals surface area contributed by atoms with Crippen LogP contribution >= 0.6 is 0 Å². The lowest BCUT2D eigenvalue weighted by Crippen LogP contribution is -2.30. The van der Waals surface area contributed by atoms with Crippen LogP contribution in [0, 0.1) is 5.82 Å². The Hall–Kier alpha value is -1.58. The summed E-state index contributed by atoms with van der Waals surface area (Å²) in [7, 11) is 0. The molecule has 1 aromatic rings. The largest absolute Gasteiger partial charge is 0.478 e. The maximum Gasteiger partial charge on any atom is 0.335 e. The van der Waals surface area contributed by atoms with E-state index in [0.717, 1.165) is 32.0 Å². The van der Waals surface area contributed by atoms with E-state index in [1.54, 1.807) is 6.07 Å². The molecule has 3 nitrogen and oxygen atoms in total. The second-order valence-electron chi connectivity index (χ2n) is 4.02. The molecule has 1 N–H and O–H groups in total. The maximum absolute atomic E-state index is 13.7. The standard InChI is InChI=1S/C12H14FNO2/c13-10-8-9(12(15)16)4-5-11(10)14-6-2-1-3-7-14/h4-5,8H,1-3,6-7H2,(H,15,16). The van der Waals surface area contributed by atoms with E-state index >= 15 is 0 Å². The number of nitrogens with zero attached hydrogens (tertiary/aromatic N) is 1. The zero-order chi connectivity index (χ0) is 11.5. The molecule has 4 heteroatoms. The van der Waals surface area contributed by atoms with E-state index in [4.69, 9.17) is 5.11 Å². The van der Waals surface area contributed by atoms with E-state index in [-0.39, 0.29) is 5.56 Å². The van der Waals surface area contributed by atoms with Crippen LogP contribution in [0.2, 0.25) is 0 Å². The lowest BCUT2D eigenvalue weighted by atomic mass is 10.1. The Morgan fingerprint density at radius 2 is 1.94 bits per heavy atom. The van der Waals surface area contributed by atoms with E-state index in [1.807, 2.05) is 4.90 Å². The van der Waals surface area contributed by atoms with Crippen molar-refractivity contribution < 1.29 is 14.3 Å². The normalized spacial score (nSPS) is 16.2. The van der Waals surface area contributed by atoms with E-state index < -0.39 is 11.8 Å². The molecule has 0 aromatic heterocycles. The fraction of sp³-hybridized carbons (Fsp3) is 0.417. The number of carboxylic acids is 1. The van der Waals surface area contributed by atoms with Crippen LogP contribution in [0.25, 0.3) is 0 Å². The van der Waals surface area contributed by atoms with Gasteiger partial charge in [0.1, 0.15) is 5.82 Å². The van der Waals surface area contributed by atoms with Crippen molar-refractivity contribution in [3.63, 3.8) is 0 Å². The van der Waals surface area contributed by atoms with Crippen LogP contribution < -0.4 is 4.90 Å². The molecule has 1 aliphatic rings. The van der Waals surface area contributed by atoms with Crippen molar-refractivity contribution in [2.45, 2.75) is 19.3 Å². The van der Waals surface area contributed by atoms with Gasteiger partial charge in [-0.2, -0.15) is 0 Å². The summed E-state index contributed by atoms with van der Waals surface area (Å²) < 4.78 is 13.7. The molecule has 0 amide bonds. The number of aromatic carboxylic acids is 1. The van der Waals surface area contributed by atoms with Crippen LogP contribution in [0.4, 0.5) is 10.1 Å². The minimum atomic E-state index is -1.09. The van der Waals surface area contributed by atoms with Gasteiger partial charge in [-0.05, 0) is 37.5 Å². The van der Waals surface area contributed by atoms with E-state index in [2.05, 4.69) is 0 Å². The van der Waals surface area contributed by atoms with Crippen molar-refractivity contribution in [2.75, 3.05) is 18.0 Å². The summed E-state index contributed by atoms with van der Waals surface area (Å²) in [6, 6.07) is 4.10. The minimum absolute atomic E-state index is 0.00161. The summed E-state index contributed by atoms with van der Waals surface area (Å²) in [4.78, 5) is 12.6. The number of hydrogen-bond acceptors (Lipinski definition) is 2. The van der Waals surface area contributed by atoms with Crippen molar-refractivity contribution in [1.82, 2.24) is 0 Å². The predicted molar refractivity (Wildman–Crippen MR) is 59.4 cm³/mol. The van der Waals surface area contributed by atoms with Crippen molar-refractivity contribution in [2.24, 2.45) is 0 Å². The molecular weight excluding hydrogens is 209 g/mol. The molecule has 86 valence electrons. The quantitative estimate of drug-likeness (QED) is 0.837. The third-order valence-corrected chi connectivity index (χ3v) is 2.89. The van der Waals surface area contributed by atoms with Crippen molar-refractivity contribution >= 4 is 11.7 Å². The number of rotatable bonds is 2. The smallest absolute Gasteiger partial charge is 0.335 e. The Bertz CT molecular complexity index is 400. The molecule has 1 fully saturated rings. The number of piperidine rings is 1. The molecule has 0 spiro atoms. The summed E-state index contributed by atoms with van der Waals surface area (Å²) >= 11 is 0. The first-order valence-corrected chi connectivity index (χ1v) is 5.46. The molecular formula is C12H14FNO2. The molecule has 0 saturated carbocycles. The van der Waals surface area contributed by atoms with Gasteiger partial charge < -0.3 is 10.0 Å². The van der Waals surface area contributed by atoms with Gasteiger partial charge in [-0.15, -0.1) is 0 Å². The number of hydrogen-bond donors (Lipinski definition) is 1. The Morgan fingerprint density at radius 3 is 2.50 bits per heavy atom. The lowest BCUT2D eigenvalue weighted by Gasteiger charge is -2.29. The second-order valence-corrected chi connectivity index (χ2v) is 4.02. The molecule has 1 aliphatic heterocycles. The van der Waals surface area contributed by atoms with Gasteiger partial charge in [0.25, 0.3) is 0 Å². The van der Waals surface area contributed by atoms with Crippen LogP contribution in [0.1, 0.15) is 29.6 Å². The second kappa shape index (κ2) is 4.51. The zero-order valence-corrected chi connectivity index (χ0v) is 8.95. The number of carboxylic acid groups (broad SMARTS) is 1. The van der Waals surface area contributed by atoms with Gasteiger partial charge in [0.2, 0.25) is 0 Å². The van der Waals surface area contributed by atoms with Gasteiger partial charge in [0, 0.05) is 13.1 Å². The molecule has 1 aromatic carbocycles. The van der Waals surface area contributed by atoms with Gasteiger partial charge in [0.15, 0.2) is 0 Å². The van der Waals surface area contributed by atoms with Crippen LogP contribution in [-0.2, 0) is 0 Å². The SMILES string of the molecule is O=C(O)c1ccc(N2CCCCC2)c(F)c1. The third kappa shape index (κ3) is 2.15. The van der Waals surface area contributed by atoms with Crippen LogP contribution in [0.15, 0.2) is 18.2 Å². The average molecular weight is 223 g/mol. The van der Waals surface area contributed by atoms with E-state index in [0.29, 0.717) is 5.69 Å². The highest BCUT2D eigenvalue weighted by atomic mass is 19.1. The van der Waals surface area contributed by atoms with Crippen molar-refractivity contribution in [3.8, 4) is 0 Å². The Balaban J connectivity index is 2.24. The van der Waals surface area contributed by atoms with Gasteiger partial charge in [-0.3, -0.25) is 0 Å². The number of anilines is 1. The maximum atomic E-state index is 13.7. The molecule has 16 heavy (non-hydrogen) atoms. The summed E-state index contributed by atoms with van der Waals surface area (Å²) in [5.41, 5.74) is 0.517. The first kappa shape index (κ1) is 10.9. The zero-order valence-electron chi connectivity index (χ0n) is 8.95. The number of halogens is 1. The van der Waals surface area contributed by atoms with Crippen molar-refractivity contribution in [1.29, 1.82) is 0 Å². The van der Waals surface area contributed by atoms with Crippen LogP contribution in [-0.4, -0.2) is 24.2 Å². The molecule has 0 radical (unpaired) electrons. The Labute approximate surface area is 93.5 Å². The third-order valence-electron chi connectivity index (χ3n) is 2.89. The molecule has 1 heterocycles. The Kier molecular flexibility index (Phi) is 3.08. The lowest BCUT2D eigenvalue weighted by molar-refractivity contribution is 0.0696. The van der Waals surface area contributed by atoms with E-state index in [1.165, 1.54) is 12.5 Å². The number of carbonyl (C=O) groups is 1. The van der Waals surface area contributed by atoms with Gasteiger partial charge in [0.05, 0.1) is 11.3 Å². The average Bonchev–Trinajstić information content (AvgIpc) is 2.30. The van der Waals surface area contributed by atoms with Gasteiger partial charge >= 0.3 is 5.97 Å². The fourth-order valence-electron chi connectivity index (χ4n) is 2.03. The topological polar surface area (TPSA) is 40.5 Å². The summed E-state index contributed by atoms with van der Waals surface area (Å²) in [6.45, 7) is 1.70. The molecule has 0 bridgehead atoms. The first-order chi connectivity index (χ1) is 7.68. The first-order valence-electron chi connectivity index (χ1n) is 5.46. The molecule has 0 aliphatic carbocycles. The summed E-state index contributed by atoms with van der Waals surface area (Å²) in [5, 5.41) is 8.73. The number of benzene rings is 1. The minimum Gasteiger partial charge on any atom is -0.478 e. The van der Waals surface area contributed by atoms with Crippen LogP contribution in [0.5, 0.6) is 0 Å². The van der Waals surface area contributed by atoms with Crippen LogP contribution in [0.3, 0.4) is 0 Å². The molecule has 0 atom stereocenters. The van der Waals surface area contributed by atoms with Gasteiger partial charge in [-0.25, -0.2) is 9.18 Å². The Morgan fingerprint density at radius 1 is 1.25 bits per heavy atom. The summed E-state index contributed by atoms with van der Waals surface area (Å²) in [5.74, 6) is -1.54. The predicted octanol–water partition coefficient (Wildman–Crippen LogP) is 2.51. The highest BCUT2D eigenvalue weighted by molar-refractivity contribution is 5.88. The molecule has 2 rings (SSSR count). The van der Waals surface area contributed by atoms with Gasteiger partial charge in [-0.1, -0.05) is 0 Å². The fourth-order valence-corrected chi connectivity index (χ4v) is 2.03. The van der Waals surface area contributed by atoms with Crippen molar-refractivity contribution in [3.05, 3.63) is 29.6 Å². The van der Waals surface area contributed by atoms with E-state index in [9.17, 15) is 9.18 Å². The monoisotopic (exact) mass is 223 g/mol. The summed E-state index contributed by atoms with van der Waals surface area (Å²) in [6.07, 6.45) is 3.32. The highest BCUT2D eigenvalue weighted by Crippen LogP contribution is 2.23. The molecule has 0 unspecified atom stereocenters. The highest BCUT2D eigenvalue weighted by Gasteiger charge is 2.16. The molecule has 1 saturated heterocycles.